The number of aliphatic carboxylic acids is 1. The molecule has 8 nitrogen and oxygen atoms in total. The molecule has 0 aliphatic rings. The highest BCUT2D eigenvalue weighted by Crippen LogP contribution is 2.37. The van der Waals surface area contributed by atoms with Gasteiger partial charge in [0, 0.05) is 24.2 Å². The molecular weight excluding hydrogens is 372 g/mol. The first-order valence-corrected chi connectivity index (χ1v) is 8.50. The Balaban J connectivity index is 2.15. The fourth-order valence-corrected chi connectivity index (χ4v) is 3.51. The van der Waals surface area contributed by atoms with Gasteiger partial charge in [-0.2, -0.15) is 0 Å². The van der Waals surface area contributed by atoms with Crippen LogP contribution in [0.1, 0.15) is 17.0 Å². The molecule has 3 rings (SSSR count). The number of methoxy groups -OCH3 is 1. The lowest BCUT2D eigenvalue weighted by molar-refractivity contribution is -0.398. The van der Waals surface area contributed by atoms with E-state index in [1.54, 1.807) is 6.07 Å². The van der Waals surface area contributed by atoms with E-state index in [1.165, 1.54) is 30.6 Å². The topological polar surface area (TPSA) is 128 Å². The molecule has 0 radical (unpaired) electrons. The van der Waals surface area contributed by atoms with Crippen LogP contribution >= 0.6 is 11.3 Å². The minimum Gasteiger partial charge on any atom is -0.865 e. The highest BCUT2D eigenvalue weighted by atomic mass is 32.1. The lowest BCUT2D eigenvalue weighted by Crippen LogP contribution is -2.22. The standard InChI is InChI=1S/C18H14N2O6S/c1-26-14-8-10(7-13(17(14)23)20(24)25)6-11(9-16(21)22)18-19-12-4-2-3-5-15(12)27-18/h2-8,23H,9H2,1H3,(H,21,22)/p-2/b11-6+. The average Bonchev–Trinajstić information content (AvgIpc) is 3.06. The molecule has 0 spiro atoms. The predicted molar refractivity (Wildman–Crippen MR) is 96.2 cm³/mol. The number of thiazole rings is 1. The number of fused-ring (bicyclic) bond motifs is 1. The maximum Gasteiger partial charge on any atom is 0.266 e. The Morgan fingerprint density at radius 3 is 2.70 bits per heavy atom. The smallest absolute Gasteiger partial charge is 0.266 e. The Hall–Kier alpha value is -3.46. The first-order valence-electron chi connectivity index (χ1n) is 7.69. The maximum atomic E-state index is 11.9. The summed E-state index contributed by atoms with van der Waals surface area (Å²) < 4.78 is 5.78. The van der Waals surface area contributed by atoms with E-state index in [0.29, 0.717) is 16.1 Å². The van der Waals surface area contributed by atoms with Crippen molar-refractivity contribution in [2.75, 3.05) is 7.11 Å². The van der Waals surface area contributed by atoms with E-state index in [4.69, 9.17) is 4.74 Å². The van der Waals surface area contributed by atoms with Crippen molar-refractivity contribution in [1.82, 2.24) is 4.98 Å². The SMILES string of the molecule is COc1cc(/C=C(\CC(=O)[O-])c2nc3ccccc3s2)cc([N+](=O)[O-])c1[O-]. The van der Waals surface area contributed by atoms with Gasteiger partial charge in [-0.15, -0.1) is 11.3 Å². The van der Waals surface area contributed by atoms with Gasteiger partial charge in [-0.05, 0) is 35.4 Å². The lowest BCUT2D eigenvalue weighted by atomic mass is 10.1. The van der Waals surface area contributed by atoms with Gasteiger partial charge in [0.25, 0.3) is 5.69 Å². The molecule has 0 N–H and O–H groups in total. The summed E-state index contributed by atoms with van der Waals surface area (Å²) in [5.41, 5.74) is 0.623. The number of para-hydroxylation sites is 1. The van der Waals surface area contributed by atoms with E-state index in [2.05, 4.69) is 4.98 Å². The molecule has 0 amide bonds. The molecule has 0 fully saturated rings. The Bertz CT molecular complexity index is 1040. The van der Waals surface area contributed by atoms with Gasteiger partial charge in [0.2, 0.25) is 0 Å². The average molecular weight is 384 g/mol. The van der Waals surface area contributed by atoms with Crippen LogP contribution in [0.3, 0.4) is 0 Å². The second kappa shape index (κ2) is 7.42. The fraction of sp³-hybridized carbons (Fsp3) is 0.111. The molecule has 0 bridgehead atoms. The van der Waals surface area contributed by atoms with Gasteiger partial charge in [-0.25, -0.2) is 4.98 Å². The summed E-state index contributed by atoms with van der Waals surface area (Å²) in [5, 5.41) is 34.7. The van der Waals surface area contributed by atoms with Crippen molar-refractivity contribution in [3.05, 3.63) is 57.1 Å². The zero-order chi connectivity index (χ0) is 19.6. The molecule has 0 aliphatic carbocycles. The number of nitrogens with zero attached hydrogens (tertiary/aromatic N) is 2. The molecule has 1 aromatic heterocycles. The lowest BCUT2D eigenvalue weighted by Gasteiger charge is -2.14. The first kappa shape index (κ1) is 18.3. The zero-order valence-corrected chi connectivity index (χ0v) is 14.8. The van der Waals surface area contributed by atoms with Gasteiger partial charge in [0.05, 0.1) is 22.2 Å². The molecule has 9 heteroatoms. The third-order valence-electron chi connectivity index (χ3n) is 3.72. The van der Waals surface area contributed by atoms with Crippen LogP contribution in [0.2, 0.25) is 0 Å². The van der Waals surface area contributed by atoms with E-state index in [-0.39, 0.29) is 11.3 Å². The van der Waals surface area contributed by atoms with Crippen LogP contribution in [0, 0.1) is 10.1 Å². The van der Waals surface area contributed by atoms with Gasteiger partial charge < -0.3 is 19.7 Å². The molecule has 27 heavy (non-hydrogen) atoms. The molecular formula is C18H12N2O6S-2. The van der Waals surface area contributed by atoms with Crippen LogP contribution in [-0.4, -0.2) is 23.0 Å². The molecule has 0 atom stereocenters. The van der Waals surface area contributed by atoms with E-state index >= 15 is 0 Å². The number of benzene rings is 2. The van der Waals surface area contributed by atoms with Crippen molar-refractivity contribution in [3.8, 4) is 11.5 Å². The van der Waals surface area contributed by atoms with Crippen molar-refractivity contribution >= 4 is 44.9 Å². The zero-order valence-electron chi connectivity index (χ0n) is 14.0. The first-order chi connectivity index (χ1) is 12.9. The molecule has 0 saturated heterocycles. The summed E-state index contributed by atoms with van der Waals surface area (Å²) in [7, 11) is 1.23. The summed E-state index contributed by atoms with van der Waals surface area (Å²) in [4.78, 5) is 25.9. The quantitative estimate of drug-likeness (QED) is 0.469. The minimum absolute atomic E-state index is 0.201. The summed E-state index contributed by atoms with van der Waals surface area (Å²) >= 11 is 1.29. The highest BCUT2D eigenvalue weighted by molar-refractivity contribution is 7.19. The Labute approximate surface area is 157 Å². The monoisotopic (exact) mass is 384 g/mol. The number of nitro groups is 1. The number of carbonyl (C=O) groups is 1. The van der Waals surface area contributed by atoms with E-state index in [9.17, 15) is 25.1 Å². The number of rotatable bonds is 6. The molecule has 1 heterocycles. The van der Waals surface area contributed by atoms with Crippen LogP contribution in [0.15, 0.2) is 36.4 Å². The Morgan fingerprint density at radius 1 is 1.33 bits per heavy atom. The molecule has 0 unspecified atom stereocenters. The molecule has 0 saturated carbocycles. The highest BCUT2D eigenvalue weighted by Gasteiger charge is 2.15. The van der Waals surface area contributed by atoms with Crippen molar-refractivity contribution in [3.63, 3.8) is 0 Å². The minimum atomic E-state index is -1.32. The van der Waals surface area contributed by atoms with Crippen LogP contribution in [0.5, 0.6) is 11.5 Å². The van der Waals surface area contributed by atoms with Crippen LogP contribution in [0.4, 0.5) is 5.69 Å². The number of carboxylic acids is 1. The van der Waals surface area contributed by atoms with E-state index < -0.39 is 28.8 Å². The molecule has 138 valence electrons. The van der Waals surface area contributed by atoms with E-state index in [0.717, 1.165) is 10.8 Å². The number of ether oxygens (including phenoxy) is 1. The van der Waals surface area contributed by atoms with Crippen molar-refractivity contribution in [1.29, 1.82) is 0 Å². The number of hydrogen-bond acceptors (Lipinski definition) is 8. The predicted octanol–water partition coefficient (Wildman–Crippen LogP) is 1.97. The summed E-state index contributed by atoms with van der Waals surface area (Å²) in [5.74, 6) is -2.36. The van der Waals surface area contributed by atoms with Crippen molar-refractivity contribution in [2.24, 2.45) is 0 Å². The van der Waals surface area contributed by atoms with Gasteiger partial charge in [-0.3, -0.25) is 10.1 Å². The second-order valence-electron chi connectivity index (χ2n) is 5.53. The molecule has 0 aliphatic heterocycles. The third kappa shape index (κ3) is 3.87. The van der Waals surface area contributed by atoms with Crippen molar-refractivity contribution in [2.45, 2.75) is 6.42 Å². The Kier molecular flexibility index (Phi) is 5.04. The number of nitro benzene ring substituents is 1. The van der Waals surface area contributed by atoms with Gasteiger partial charge in [0.15, 0.2) is 0 Å². The number of carbonyl (C=O) groups excluding carboxylic acids is 1. The largest absolute Gasteiger partial charge is 0.865 e. The number of hydrogen-bond donors (Lipinski definition) is 0. The van der Waals surface area contributed by atoms with Crippen LogP contribution in [0.25, 0.3) is 21.9 Å². The maximum absolute atomic E-state index is 11.9. The second-order valence-corrected chi connectivity index (χ2v) is 6.56. The molecule has 2 aromatic carbocycles. The van der Waals surface area contributed by atoms with Crippen LogP contribution < -0.4 is 14.9 Å². The van der Waals surface area contributed by atoms with E-state index in [1.807, 2.05) is 18.2 Å². The fourth-order valence-electron chi connectivity index (χ4n) is 2.53. The van der Waals surface area contributed by atoms with Gasteiger partial charge in [0.1, 0.15) is 10.8 Å². The number of aromatic nitrogens is 1. The van der Waals surface area contributed by atoms with Gasteiger partial charge >= 0.3 is 0 Å². The van der Waals surface area contributed by atoms with Crippen LogP contribution in [-0.2, 0) is 4.79 Å². The van der Waals surface area contributed by atoms with Gasteiger partial charge in [-0.1, -0.05) is 12.1 Å². The summed E-state index contributed by atoms with van der Waals surface area (Å²) in [6, 6.07) is 9.70. The van der Waals surface area contributed by atoms with Crippen molar-refractivity contribution < 1.29 is 24.7 Å². The summed E-state index contributed by atoms with van der Waals surface area (Å²) in [6.45, 7) is 0. The molecule has 3 aromatic rings. The number of carboxylic acid groups (broad SMARTS) is 1. The third-order valence-corrected chi connectivity index (χ3v) is 4.83. The Morgan fingerprint density at radius 2 is 2.07 bits per heavy atom. The summed E-state index contributed by atoms with van der Waals surface area (Å²) in [6.07, 6.45) is 0.998. The normalized spacial score (nSPS) is 11.5.